The molecule has 0 radical (unpaired) electrons. The van der Waals surface area contributed by atoms with Crippen LogP contribution in [0, 0.1) is 5.92 Å². The molecule has 3 nitrogen and oxygen atoms in total. The summed E-state index contributed by atoms with van der Waals surface area (Å²) >= 11 is 0. The van der Waals surface area contributed by atoms with Gasteiger partial charge in [0.25, 0.3) is 0 Å². The van der Waals surface area contributed by atoms with Gasteiger partial charge in [0, 0.05) is 19.3 Å². The first kappa shape index (κ1) is 15.9. The fraction of sp³-hybridized carbons (Fsp3) is 1.00. The maximum atomic E-state index is 5.68. The topological polar surface area (TPSA) is 38.5 Å². The summed E-state index contributed by atoms with van der Waals surface area (Å²) in [5, 5.41) is 0. The highest BCUT2D eigenvalue weighted by atomic mass is 16.5. The zero-order chi connectivity index (χ0) is 13.2. The van der Waals surface area contributed by atoms with Gasteiger partial charge in [-0.1, -0.05) is 19.8 Å². The van der Waals surface area contributed by atoms with E-state index in [1.54, 1.807) is 0 Å². The Morgan fingerprint density at radius 3 is 2.56 bits per heavy atom. The minimum absolute atomic E-state index is 0.748. The van der Waals surface area contributed by atoms with Crippen LogP contribution in [0.4, 0.5) is 0 Å². The first-order chi connectivity index (χ1) is 8.77. The van der Waals surface area contributed by atoms with Crippen molar-refractivity contribution in [2.24, 2.45) is 11.7 Å². The maximum absolute atomic E-state index is 5.68. The number of hydrogen-bond donors (Lipinski definition) is 1. The van der Waals surface area contributed by atoms with Gasteiger partial charge in [-0.3, -0.25) is 0 Å². The van der Waals surface area contributed by atoms with Crippen molar-refractivity contribution in [3.8, 4) is 0 Å². The van der Waals surface area contributed by atoms with Crippen LogP contribution in [0.3, 0.4) is 0 Å². The van der Waals surface area contributed by atoms with Crippen molar-refractivity contribution in [1.29, 1.82) is 0 Å². The van der Waals surface area contributed by atoms with Gasteiger partial charge in [0.05, 0.1) is 0 Å². The number of nitrogens with two attached hydrogens (primary N) is 1. The van der Waals surface area contributed by atoms with Crippen molar-refractivity contribution in [2.75, 3.05) is 33.4 Å². The average Bonchev–Trinajstić information content (AvgIpc) is 2.40. The van der Waals surface area contributed by atoms with Crippen LogP contribution in [0.5, 0.6) is 0 Å². The molecule has 1 rings (SSSR count). The third kappa shape index (κ3) is 6.17. The molecule has 1 aliphatic rings. The quantitative estimate of drug-likeness (QED) is 0.689. The Balaban J connectivity index is 2.14. The number of rotatable bonds is 9. The molecular formula is C15H32N2O. The van der Waals surface area contributed by atoms with Crippen LogP contribution < -0.4 is 5.73 Å². The standard InChI is InChI=1S/C15H32N2O/c1-3-5-14(7-10-16)6-4-11-17(2)15-8-12-18-13-9-15/h14-15H,3-13,16H2,1-2H3. The molecule has 1 aliphatic heterocycles. The second kappa shape index (κ2) is 9.76. The number of hydrogen-bond acceptors (Lipinski definition) is 3. The van der Waals surface area contributed by atoms with Crippen molar-refractivity contribution in [3.63, 3.8) is 0 Å². The predicted octanol–water partition coefficient (Wildman–Crippen LogP) is 2.64. The smallest absolute Gasteiger partial charge is 0.0480 e. The summed E-state index contributed by atoms with van der Waals surface area (Å²) in [5.74, 6) is 0.850. The number of nitrogens with zero attached hydrogens (tertiary/aromatic N) is 1. The third-order valence-electron chi connectivity index (χ3n) is 4.21. The van der Waals surface area contributed by atoms with Gasteiger partial charge in [-0.05, 0) is 58.2 Å². The fourth-order valence-electron chi connectivity index (χ4n) is 3.01. The minimum Gasteiger partial charge on any atom is -0.381 e. The van der Waals surface area contributed by atoms with Crippen molar-refractivity contribution >= 4 is 0 Å². The zero-order valence-electron chi connectivity index (χ0n) is 12.4. The van der Waals surface area contributed by atoms with E-state index in [0.29, 0.717) is 0 Å². The highest BCUT2D eigenvalue weighted by molar-refractivity contribution is 4.72. The minimum atomic E-state index is 0.748. The summed E-state index contributed by atoms with van der Waals surface area (Å²) < 4.78 is 5.42. The van der Waals surface area contributed by atoms with Gasteiger partial charge < -0.3 is 15.4 Å². The van der Waals surface area contributed by atoms with Crippen molar-refractivity contribution in [2.45, 2.75) is 57.9 Å². The second-order valence-corrected chi connectivity index (χ2v) is 5.70. The molecule has 0 aliphatic carbocycles. The molecule has 0 amide bonds. The van der Waals surface area contributed by atoms with E-state index in [1.165, 1.54) is 51.5 Å². The molecule has 0 aromatic carbocycles. The second-order valence-electron chi connectivity index (χ2n) is 5.70. The van der Waals surface area contributed by atoms with E-state index in [-0.39, 0.29) is 0 Å². The monoisotopic (exact) mass is 256 g/mol. The normalized spacial score (nSPS) is 19.3. The molecule has 1 atom stereocenters. The Morgan fingerprint density at radius 1 is 1.22 bits per heavy atom. The van der Waals surface area contributed by atoms with Crippen LogP contribution in [0.2, 0.25) is 0 Å². The van der Waals surface area contributed by atoms with Crippen LogP contribution in [-0.4, -0.2) is 44.3 Å². The molecule has 0 aromatic rings. The molecule has 108 valence electrons. The lowest BCUT2D eigenvalue weighted by molar-refractivity contribution is 0.0422. The van der Waals surface area contributed by atoms with Gasteiger partial charge in [0.15, 0.2) is 0 Å². The largest absolute Gasteiger partial charge is 0.381 e. The van der Waals surface area contributed by atoms with Crippen LogP contribution in [0.1, 0.15) is 51.9 Å². The van der Waals surface area contributed by atoms with Crippen LogP contribution in [0.25, 0.3) is 0 Å². The molecule has 18 heavy (non-hydrogen) atoms. The van der Waals surface area contributed by atoms with E-state index >= 15 is 0 Å². The lowest BCUT2D eigenvalue weighted by atomic mass is 9.94. The average molecular weight is 256 g/mol. The highest BCUT2D eigenvalue weighted by Gasteiger charge is 2.18. The summed E-state index contributed by atoms with van der Waals surface area (Å²) in [6, 6.07) is 0.748. The molecule has 1 saturated heterocycles. The van der Waals surface area contributed by atoms with Crippen LogP contribution >= 0.6 is 0 Å². The molecular weight excluding hydrogens is 224 g/mol. The van der Waals surface area contributed by atoms with E-state index in [1.807, 2.05) is 0 Å². The van der Waals surface area contributed by atoms with Crippen LogP contribution in [0.15, 0.2) is 0 Å². The zero-order valence-corrected chi connectivity index (χ0v) is 12.4. The van der Waals surface area contributed by atoms with Crippen molar-refractivity contribution in [3.05, 3.63) is 0 Å². The van der Waals surface area contributed by atoms with Gasteiger partial charge in [-0.2, -0.15) is 0 Å². The van der Waals surface area contributed by atoms with Gasteiger partial charge in [0.2, 0.25) is 0 Å². The predicted molar refractivity (Wildman–Crippen MR) is 77.8 cm³/mol. The van der Waals surface area contributed by atoms with E-state index in [9.17, 15) is 0 Å². The first-order valence-electron chi connectivity index (χ1n) is 7.76. The van der Waals surface area contributed by atoms with E-state index in [0.717, 1.165) is 31.7 Å². The van der Waals surface area contributed by atoms with E-state index in [2.05, 4.69) is 18.9 Å². The third-order valence-corrected chi connectivity index (χ3v) is 4.21. The maximum Gasteiger partial charge on any atom is 0.0480 e. The van der Waals surface area contributed by atoms with Crippen LogP contribution in [-0.2, 0) is 4.74 Å². The summed E-state index contributed by atoms with van der Waals surface area (Å²) in [6.07, 6.45) is 8.92. The van der Waals surface area contributed by atoms with Crippen molar-refractivity contribution in [1.82, 2.24) is 4.90 Å². The molecule has 0 bridgehead atoms. The van der Waals surface area contributed by atoms with Crippen molar-refractivity contribution < 1.29 is 4.74 Å². The molecule has 0 saturated carbocycles. The molecule has 3 heteroatoms. The summed E-state index contributed by atoms with van der Waals surface area (Å²) in [5.41, 5.74) is 5.68. The van der Waals surface area contributed by atoms with Gasteiger partial charge in [-0.25, -0.2) is 0 Å². The van der Waals surface area contributed by atoms with Gasteiger partial charge in [0.1, 0.15) is 0 Å². The van der Waals surface area contributed by atoms with E-state index in [4.69, 9.17) is 10.5 Å². The summed E-state index contributed by atoms with van der Waals surface area (Å²) in [7, 11) is 2.27. The molecule has 1 unspecified atom stereocenters. The Hall–Kier alpha value is -0.120. The SMILES string of the molecule is CCCC(CCN)CCCN(C)C1CCOCC1. The lowest BCUT2D eigenvalue weighted by Crippen LogP contribution is -2.37. The Morgan fingerprint density at radius 2 is 1.94 bits per heavy atom. The van der Waals surface area contributed by atoms with E-state index < -0.39 is 0 Å². The van der Waals surface area contributed by atoms with Gasteiger partial charge in [-0.15, -0.1) is 0 Å². The number of ether oxygens (including phenoxy) is 1. The molecule has 0 spiro atoms. The molecule has 2 N–H and O–H groups in total. The van der Waals surface area contributed by atoms with Gasteiger partial charge >= 0.3 is 0 Å². The molecule has 1 heterocycles. The Kier molecular flexibility index (Phi) is 8.64. The Bertz CT molecular complexity index is 187. The molecule has 1 fully saturated rings. The lowest BCUT2D eigenvalue weighted by Gasteiger charge is -2.31. The fourth-order valence-corrected chi connectivity index (χ4v) is 3.01. The Labute approximate surface area is 113 Å². The summed E-state index contributed by atoms with van der Waals surface area (Å²) in [6.45, 7) is 6.24. The molecule has 0 aromatic heterocycles. The summed E-state index contributed by atoms with van der Waals surface area (Å²) in [4.78, 5) is 2.54. The first-order valence-corrected chi connectivity index (χ1v) is 7.76. The highest BCUT2D eigenvalue weighted by Crippen LogP contribution is 2.18.